The van der Waals surface area contributed by atoms with Crippen LogP contribution < -0.4 is 11.1 Å². The van der Waals surface area contributed by atoms with Gasteiger partial charge in [0.1, 0.15) is 0 Å². The van der Waals surface area contributed by atoms with Crippen LogP contribution in [0.5, 0.6) is 0 Å². The predicted octanol–water partition coefficient (Wildman–Crippen LogP) is 1.47. The number of nitrogens with one attached hydrogen (secondary N) is 2. The largest absolute Gasteiger partial charge is 0.370 e. The Balaban J connectivity index is 2.31. The summed E-state index contributed by atoms with van der Waals surface area (Å²) in [5.41, 5.74) is 7.61. The quantitative estimate of drug-likeness (QED) is 0.459. The van der Waals surface area contributed by atoms with E-state index < -0.39 is 0 Å². The van der Waals surface area contributed by atoms with Gasteiger partial charge in [0.2, 0.25) is 0 Å². The summed E-state index contributed by atoms with van der Waals surface area (Å²) in [7, 11) is 0. The van der Waals surface area contributed by atoms with Gasteiger partial charge >= 0.3 is 0 Å². The molecule has 0 bridgehead atoms. The highest BCUT2D eigenvalue weighted by Crippen LogP contribution is 2.26. The molecule has 0 aromatic heterocycles. The lowest BCUT2D eigenvalue weighted by molar-refractivity contribution is 0.866. The number of guanidine groups is 1. The number of nitrogens with two attached hydrogens (primary N) is 1. The van der Waals surface area contributed by atoms with Crippen LogP contribution in [0.15, 0.2) is 30.3 Å². The van der Waals surface area contributed by atoms with E-state index in [-0.39, 0.29) is 5.96 Å². The molecule has 0 atom stereocenters. The summed E-state index contributed by atoms with van der Waals surface area (Å²) in [5.74, 6) is -0.00916. The first-order chi connectivity index (χ1) is 6.77. The molecule has 1 aliphatic rings. The van der Waals surface area contributed by atoms with Crippen molar-refractivity contribution in [3.05, 3.63) is 47.5 Å². The zero-order valence-corrected chi connectivity index (χ0v) is 7.75. The Kier molecular flexibility index (Phi) is 2.23. The van der Waals surface area contributed by atoms with Crippen molar-refractivity contribution in [1.29, 1.82) is 5.41 Å². The molecule has 0 amide bonds. The lowest BCUT2D eigenvalue weighted by Crippen LogP contribution is -2.35. The summed E-state index contributed by atoms with van der Waals surface area (Å²) in [5, 5.41) is 10.1. The average Bonchev–Trinajstić information content (AvgIpc) is 2.18. The number of fused-ring (bicyclic) bond motifs is 1. The Morgan fingerprint density at radius 1 is 1.36 bits per heavy atom. The molecule has 2 rings (SSSR count). The topological polar surface area (TPSA) is 61.9 Å². The first kappa shape index (κ1) is 8.81. The van der Waals surface area contributed by atoms with Crippen LogP contribution >= 0.6 is 0 Å². The van der Waals surface area contributed by atoms with Gasteiger partial charge in [0.15, 0.2) is 5.96 Å². The number of hydrogen-bond donors (Lipinski definition) is 3. The molecule has 1 radical (unpaired) electrons. The fourth-order valence-electron chi connectivity index (χ4n) is 1.61. The molecule has 14 heavy (non-hydrogen) atoms. The van der Waals surface area contributed by atoms with Crippen LogP contribution in [0.3, 0.4) is 0 Å². The molecule has 0 saturated carbocycles. The predicted molar refractivity (Wildman–Crippen MR) is 57.5 cm³/mol. The van der Waals surface area contributed by atoms with E-state index in [2.05, 4.69) is 17.5 Å². The van der Waals surface area contributed by atoms with E-state index in [0.29, 0.717) is 0 Å². The summed E-state index contributed by atoms with van der Waals surface area (Å²) in [6.07, 6.45) is 4.95. The first-order valence-corrected chi connectivity index (χ1v) is 4.50. The second kappa shape index (κ2) is 3.54. The Labute approximate surface area is 83.1 Å². The van der Waals surface area contributed by atoms with Gasteiger partial charge < -0.3 is 11.1 Å². The van der Waals surface area contributed by atoms with Gasteiger partial charge in [-0.2, -0.15) is 0 Å². The number of rotatable bonds is 1. The zero-order chi connectivity index (χ0) is 9.97. The van der Waals surface area contributed by atoms with Crippen molar-refractivity contribution < 1.29 is 0 Å². The van der Waals surface area contributed by atoms with Gasteiger partial charge in [-0.05, 0) is 17.5 Å². The lowest BCUT2D eigenvalue weighted by Gasteiger charge is -2.21. The van der Waals surface area contributed by atoms with Gasteiger partial charge in [-0.25, -0.2) is 0 Å². The minimum absolute atomic E-state index is 0.00916. The maximum Gasteiger partial charge on any atom is 0.186 e. The average molecular weight is 186 g/mol. The molecule has 0 heterocycles. The van der Waals surface area contributed by atoms with Crippen molar-refractivity contribution in [1.82, 2.24) is 5.32 Å². The Hall–Kier alpha value is -1.77. The Bertz CT molecular complexity index is 382. The van der Waals surface area contributed by atoms with Crippen LogP contribution in [-0.2, 0) is 0 Å². The van der Waals surface area contributed by atoms with E-state index in [1.54, 1.807) is 0 Å². The molecule has 0 aliphatic heterocycles. The van der Waals surface area contributed by atoms with E-state index in [9.17, 15) is 0 Å². The van der Waals surface area contributed by atoms with Crippen LogP contribution in [0, 0.1) is 11.5 Å². The van der Waals surface area contributed by atoms with Gasteiger partial charge in [-0.1, -0.05) is 36.4 Å². The highest BCUT2D eigenvalue weighted by molar-refractivity contribution is 5.77. The van der Waals surface area contributed by atoms with Crippen LogP contribution in [-0.4, -0.2) is 5.96 Å². The second-order valence-corrected chi connectivity index (χ2v) is 3.21. The minimum Gasteiger partial charge on any atom is -0.370 e. The normalized spacial score (nSPS) is 14.9. The monoisotopic (exact) mass is 186 g/mol. The molecule has 4 N–H and O–H groups in total. The number of benzene rings is 1. The summed E-state index contributed by atoms with van der Waals surface area (Å²) in [6, 6.07) is 9.06. The third kappa shape index (κ3) is 1.62. The third-order valence-electron chi connectivity index (χ3n) is 2.19. The van der Waals surface area contributed by atoms with E-state index in [0.717, 1.165) is 18.0 Å². The third-order valence-corrected chi connectivity index (χ3v) is 2.19. The molecule has 1 aromatic carbocycles. The van der Waals surface area contributed by atoms with E-state index >= 15 is 0 Å². The summed E-state index contributed by atoms with van der Waals surface area (Å²) < 4.78 is 0. The molecule has 0 fully saturated rings. The van der Waals surface area contributed by atoms with E-state index in [1.165, 1.54) is 5.56 Å². The fourth-order valence-corrected chi connectivity index (χ4v) is 1.61. The molecule has 0 saturated heterocycles. The summed E-state index contributed by atoms with van der Waals surface area (Å²) >= 11 is 0. The van der Waals surface area contributed by atoms with Crippen molar-refractivity contribution >= 4 is 12.0 Å². The Morgan fingerprint density at radius 2 is 2.14 bits per heavy atom. The zero-order valence-electron chi connectivity index (χ0n) is 7.75. The molecule has 0 spiro atoms. The van der Waals surface area contributed by atoms with Crippen molar-refractivity contribution in [2.75, 3.05) is 0 Å². The van der Waals surface area contributed by atoms with E-state index in [1.807, 2.05) is 24.3 Å². The van der Waals surface area contributed by atoms with Gasteiger partial charge in [0, 0.05) is 0 Å². The highest BCUT2D eigenvalue weighted by Gasteiger charge is 2.16. The molecule has 3 nitrogen and oxygen atoms in total. The van der Waals surface area contributed by atoms with Gasteiger partial charge in [-0.15, -0.1) is 0 Å². The lowest BCUT2D eigenvalue weighted by atomic mass is 9.93. The maximum atomic E-state index is 7.19. The molecule has 1 aliphatic carbocycles. The smallest absolute Gasteiger partial charge is 0.186 e. The van der Waals surface area contributed by atoms with Crippen molar-refractivity contribution in [3.63, 3.8) is 0 Å². The van der Waals surface area contributed by atoms with Crippen LogP contribution in [0.2, 0.25) is 0 Å². The summed E-state index contributed by atoms with van der Waals surface area (Å²) in [6.45, 7) is 0. The van der Waals surface area contributed by atoms with Crippen molar-refractivity contribution in [2.45, 2.75) is 6.42 Å². The molecule has 1 aromatic rings. The second-order valence-electron chi connectivity index (χ2n) is 3.21. The maximum absolute atomic E-state index is 7.19. The summed E-state index contributed by atoms with van der Waals surface area (Å²) in [4.78, 5) is 0. The fraction of sp³-hybridized carbons (Fsp3) is 0.0909. The van der Waals surface area contributed by atoms with Crippen molar-refractivity contribution in [3.8, 4) is 0 Å². The number of hydrogen-bond acceptors (Lipinski definition) is 1. The standard InChI is InChI=1S/C11H12N3/c12-11(13)14-10-7-3-5-8-4-1-2-6-9(8)10/h1-6H,7H2,(H4,12,13,14). The van der Waals surface area contributed by atoms with Crippen molar-refractivity contribution in [2.24, 2.45) is 5.73 Å². The Morgan fingerprint density at radius 3 is 2.93 bits per heavy atom. The molecular weight excluding hydrogens is 174 g/mol. The van der Waals surface area contributed by atoms with Crippen LogP contribution in [0.1, 0.15) is 17.5 Å². The van der Waals surface area contributed by atoms with Gasteiger partial charge in [-0.3, -0.25) is 5.41 Å². The first-order valence-electron chi connectivity index (χ1n) is 4.50. The minimum atomic E-state index is -0.00916. The molecule has 0 unspecified atom stereocenters. The molecule has 3 heteroatoms. The van der Waals surface area contributed by atoms with Gasteiger partial charge in [0.05, 0.1) is 6.04 Å². The van der Waals surface area contributed by atoms with Crippen LogP contribution in [0.25, 0.3) is 6.08 Å². The van der Waals surface area contributed by atoms with E-state index in [4.69, 9.17) is 11.1 Å². The molecule has 71 valence electrons. The van der Waals surface area contributed by atoms with Crippen LogP contribution in [0.4, 0.5) is 0 Å². The molecular formula is C11H12N3. The van der Waals surface area contributed by atoms with Gasteiger partial charge in [0.25, 0.3) is 0 Å². The SMILES string of the molecule is N=C(N)N[C]1CC=Cc2ccccc21. The highest BCUT2D eigenvalue weighted by atomic mass is 15.1.